The standard InChI is InChI=1S/C8H5F3N6S/c9-8(10,11)4-1-2-5(15-14-4)17-3-13-7(16-17)6(12)18/h1-3H,(H2,12,18). The molecule has 0 radical (unpaired) electrons. The number of hydrogen-bond donors (Lipinski definition) is 1. The molecule has 0 aromatic carbocycles. The van der Waals surface area contributed by atoms with Gasteiger partial charge in [0.15, 0.2) is 11.5 Å². The van der Waals surface area contributed by atoms with Crippen molar-refractivity contribution in [2.24, 2.45) is 5.73 Å². The average Bonchev–Trinajstić information content (AvgIpc) is 2.77. The van der Waals surface area contributed by atoms with Crippen LogP contribution in [0.25, 0.3) is 5.82 Å². The first-order valence-electron chi connectivity index (χ1n) is 4.50. The second-order valence-corrected chi connectivity index (χ2v) is 3.59. The van der Waals surface area contributed by atoms with E-state index in [4.69, 9.17) is 5.73 Å². The number of nitrogens with two attached hydrogens (primary N) is 1. The van der Waals surface area contributed by atoms with Gasteiger partial charge in [-0.2, -0.15) is 13.2 Å². The van der Waals surface area contributed by atoms with Crippen LogP contribution in [-0.4, -0.2) is 30.0 Å². The number of alkyl halides is 3. The summed E-state index contributed by atoms with van der Waals surface area (Å²) in [4.78, 5) is 3.74. The number of halogens is 3. The lowest BCUT2D eigenvalue weighted by molar-refractivity contribution is -0.141. The van der Waals surface area contributed by atoms with Crippen LogP contribution in [0, 0.1) is 0 Å². The zero-order valence-electron chi connectivity index (χ0n) is 8.59. The van der Waals surface area contributed by atoms with Gasteiger partial charge in [-0.15, -0.1) is 15.3 Å². The van der Waals surface area contributed by atoms with Crippen LogP contribution in [0.2, 0.25) is 0 Å². The van der Waals surface area contributed by atoms with Crippen molar-refractivity contribution in [1.82, 2.24) is 25.0 Å². The molecule has 0 aliphatic rings. The quantitative estimate of drug-likeness (QED) is 0.812. The Bertz CT molecular complexity index is 575. The molecular weight excluding hydrogens is 269 g/mol. The van der Waals surface area contributed by atoms with E-state index in [2.05, 4.69) is 32.5 Å². The maximum atomic E-state index is 12.3. The zero-order valence-corrected chi connectivity index (χ0v) is 9.40. The van der Waals surface area contributed by atoms with Gasteiger partial charge >= 0.3 is 6.18 Å². The molecule has 0 unspecified atom stereocenters. The predicted octanol–water partition coefficient (Wildman–Crippen LogP) is 0.710. The maximum Gasteiger partial charge on any atom is 0.435 e. The van der Waals surface area contributed by atoms with Crippen molar-refractivity contribution >= 4 is 17.2 Å². The molecule has 0 bridgehead atoms. The molecule has 10 heteroatoms. The first-order valence-corrected chi connectivity index (χ1v) is 4.91. The van der Waals surface area contributed by atoms with Crippen molar-refractivity contribution in [1.29, 1.82) is 0 Å². The zero-order chi connectivity index (χ0) is 13.3. The lowest BCUT2D eigenvalue weighted by Crippen LogP contribution is -2.13. The van der Waals surface area contributed by atoms with Crippen LogP contribution in [0.4, 0.5) is 13.2 Å². The van der Waals surface area contributed by atoms with Gasteiger partial charge < -0.3 is 5.73 Å². The Morgan fingerprint density at radius 3 is 2.44 bits per heavy atom. The van der Waals surface area contributed by atoms with Crippen molar-refractivity contribution < 1.29 is 13.2 Å². The number of rotatable bonds is 2. The molecule has 0 aliphatic heterocycles. The second kappa shape index (κ2) is 4.29. The Balaban J connectivity index is 2.31. The van der Waals surface area contributed by atoms with Gasteiger partial charge in [-0.3, -0.25) is 0 Å². The molecule has 0 amide bonds. The van der Waals surface area contributed by atoms with E-state index in [9.17, 15) is 13.2 Å². The van der Waals surface area contributed by atoms with Crippen LogP contribution in [0.1, 0.15) is 11.5 Å². The molecule has 18 heavy (non-hydrogen) atoms. The minimum Gasteiger partial charge on any atom is -0.387 e. The molecule has 0 spiro atoms. The summed E-state index contributed by atoms with van der Waals surface area (Å²) >= 11 is 4.65. The van der Waals surface area contributed by atoms with Gasteiger partial charge in [0.1, 0.15) is 11.3 Å². The molecular formula is C8H5F3N6S. The largest absolute Gasteiger partial charge is 0.435 e. The van der Waals surface area contributed by atoms with Crippen LogP contribution >= 0.6 is 12.2 Å². The molecule has 2 aromatic rings. The highest BCUT2D eigenvalue weighted by Crippen LogP contribution is 2.26. The summed E-state index contributed by atoms with van der Waals surface area (Å²) in [5.41, 5.74) is 4.21. The van der Waals surface area contributed by atoms with Gasteiger partial charge in [0.2, 0.25) is 5.82 Å². The molecule has 0 atom stereocenters. The number of nitrogens with zero attached hydrogens (tertiary/aromatic N) is 5. The van der Waals surface area contributed by atoms with Crippen molar-refractivity contribution in [3.8, 4) is 5.82 Å². The molecule has 6 nitrogen and oxygen atoms in total. The Morgan fingerprint density at radius 1 is 1.28 bits per heavy atom. The normalized spacial score (nSPS) is 11.5. The maximum absolute atomic E-state index is 12.3. The number of hydrogen-bond acceptors (Lipinski definition) is 5. The smallest absolute Gasteiger partial charge is 0.387 e. The Hall–Kier alpha value is -2.10. The highest BCUT2D eigenvalue weighted by Gasteiger charge is 2.32. The third-order valence-corrected chi connectivity index (χ3v) is 2.07. The molecule has 0 aliphatic carbocycles. The fourth-order valence-electron chi connectivity index (χ4n) is 1.08. The summed E-state index contributed by atoms with van der Waals surface area (Å²) in [6.45, 7) is 0. The molecule has 2 N–H and O–H groups in total. The monoisotopic (exact) mass is 274 g/mol. The summed E-state index contributed by atoms with van der Waals surface area (Å²) in [6, 6.07) is 1.91. The van der Waals surface area contributed by atoms with Crippen molar-refractivity contribution in [3.63, 3.8) is 0 Å². The van der Waals surface area contributed by atoms with Crippen molar-refractivity contribution in [2.45, 2.75) is 6.18 Å². The van der Waals surface area contributed by atoms with Gasteiger partial charge in [-0.05, 0) is 12.1 Å². The second-order valence-electron chi connectivity index (χ2n) is 3.15. The molecule has 2 rings (SSSR count). The lowest BCUT2D eigenvalue weighted by Gasteiger charge is -2.04. The fourth-order valence-corrected chi connectivity index (χ4v) is 1.18. The van der Waals surface area contributed by atoms with Crippen LogP contribution in [-0.2, 0) is 6.18 Å². The minimum atomic E-state index is -4.53. The highest BCUT2D eigenvalue weighted by molar-refractivity contribution is 7.80. The molecule has 0 saturated heterocycles. The van der Waals surface area contributed by atoms with Crippen molar-refractivity contribution in [2.75, 3.05) is 0 Å². The summed E-state index contributed by atoms with van der Waals surface area (Å²) < 4.78 is 37.9. The molecule has 2 aromatic heterocycles. The van der Waals surface area contributed by atoms with Crippen molar-refractivity contribution in [3.05, 3.63) is 30.0 Å². The van der Waals surface area contributed by atoms with Gasteiger partial charge in [0.05, 0.1) is 0 Å². The summed E-state index contributed by atoms with van der Waals surface area (Å²) in [5, 5.41) is 10.3. The lowest BCUT2D eigenvalue weighted by atomic mass is 10.4. The molecule has 0 saturated carbocycles. The van der Waals surface area contributed by atoms with E-state index in [1.54, 1.807) is 0 Å². The van der Waals surface area contributed by atoms with E-state index in [0.717, 1.165) is 16.8 Å². The Labute approximate surface area is 104 Å². The predicted molar refractivity (Wildman–Crippen MR) is 57.8 cm³/mol. The van der Waals surface area contributed by atoms with E-state index < -0.39 is 11.9 Å². The van der Waals surface area contributed by atoms with E-state index >= 15 is 0 Å². The van der Waals surface area contributed by atoms with Crippen LogP contribution in [0.5, 0.6) is 0 Å². The molecule has 2 heterocycles. The Kier molecular flexibility index (Phi) is 2.95. The number of aromatic nitrogens is 5. The van der Waals surface area contributed by atoms with E-state index in [-0.39, 0.29) is 16.6 Å². The third kappa shape index (κ3) is 2.42. The summed E-state index contributed by atoms with van der Waals surface area (Å²) in [5.74, 6) is 0.185. The van der Waals surface area contributed by atoms with Gasteiger partial charge in [-0.1, -0.05) is 12.2 Å². The Morgan fingerprint density at radius 2 is 2.00 bits per heavy atom. The molecule has 0 fully saturated rings. The minimum absolute atomic E-state index is 0.0198. The average molecular weight is 274 g/mol. The van der Waals surface area contributed by atoms with Gasteiger partial charge in [-0.25, -0.2) is 9.67 Å². The van der Waals surface area contributed by atoms with E-state index in [1.807, 2.05) is 0 Å². The first kappa shape index (κ1) is 12.4. The SMILES string of the molecule is NC(=S)c1ncn(-c2ccc(C(F)(F)F)nn2)n1. The van der Waals surface area contributed by atoms with Crippen LogP contribution in [0.15, 0.2) is 18.5 Å². The summed E-state index contributed by atoms with van der Waals surface area (Å²) in [6.07, 6.45) is -3.30. The summed E-state index contributed by atoms with van der Waals surface area (Å²) in [7, 11) is 0. The van der Waals surface area contributed by atoms with Crippen LogP contribution in [0.3, 0.4) is 0 Å². The van der Waals surface area contributed by atoms with Gasteiger partial charge in [0, 0.05) is 0 Å². The van der Waals surface area contributed by atoms with E-state index in [1.165, 1.54) is 6.33 Å². The molecule has 94 valence electrons. The van der Waals surface area contributed by atoms with E-state index in [0.29, 0.717) is 0 Å². The first-order chi connectivity index (χ1) is 8.38. The van der Waals surface area contributed by atoms with Crippen LogP contribution < -0.4 is 5.73 Å². The fraction of sp³-hybridized carbons (Fsp3) is 0.125. The third-order valence-electron chi connectivity index (χ3n) is 1.89. The number of thiocarbonyl (C=S) groups is 1. The highest BCUT2D eigenvalue weighted by atomic mass is 32.1. The topological polar surface area (TPSA) is 82.5 Å². The van der Waals surface area contributed by atoms with Gasteiger partial charge in [0.25, 0.3) is 0 Å².